The largest absolute Gasteiger partial charge is 0.366 e. The van der Waals surface area contributed by atoms with Crippen LogP contribution in [0.1, 0.15) is 25.6 Å². The number of ether oxygens (including phenoxy) is 4. The van der Waals surface area contributed by atoms with E-state index in [1.165, 1.54) is 0 Å². The van der Waals surface area contributed by atoms with Crippen LogP contribution < -0.4 is 5.32 Å². The van der Waals surface area contributed by atoms with Crippen molar-refractivity contribution in [3.05, 3.63) is 72.6 Å². The summed E-state index contributed by atoms with van der Waals surface area (Å²) in [5.41, 5.74) is 3.04. The standard InChI is InChI=1S/C27H30N5O7P/c1-27(2)38-21-19(14-36-16-40(33,34)35)37-26(22(21)39-27)32-15-29-20-24(28-13-17-9-5-3-6-10-17)30-23(31-25(20)32)18-11-7-4-8-12-18/h3-12,15,19,21-22,26H,13-14,16H2,1-2H3,(H,28,30,31)(H2,33,34,35)/t19-,21-,22-,26-/m1/s1. The molecular weight excluding hydrogens is 537 g/mol. The highest BCUT2D eigenvalue weighted by molar-refractivity contribution is 7.51. The third kappa shape index (κ3) is 5.65. The molecule has 3 N–H and O–H groups in total. The predicted octanol–water partition coefficient (Wildman–Crippen LogP) is 3.67. The van der Waals surface area contributed by atoms with Crippen molar-refractivity contribution in [1.82, 2.24) is 19.5 Å². The summed E-state index contributed by atoms with van der Waals surface area (Å²) in [6.45, 7) is 4.08. The number of rotatable bonds is 9. The molecule has 2 saturated heterocycles. The van der Waals surface area contributed by atoms with Crippen molar-refractivity contribution >= 4 is 24.6 Å². The Hall–Kier alpha value is -3.22. The molecule has 4 aromatic rings. The lowest BCUT2D eigenvalue weighted by Gasteiger charge is -2.24. The van der Waals surface area contributed by atoms with Crippen molar-refractivity contribution < 1.29 is 33.3 Å². The number of aromatic nitrogens is 4. The fourth-order valence-corrected chi connectivity index (χ4v) is 5.37. The summed E-state index contributed by atoms with van der Waals surface area (Å²) in [4.78, 5) is 32.7. The molecule has 0 radical (unpaired) electrons. The molecule has 0 aliphatic carbocycles. The molecule has 210 valence electrons. The molecule has 12 nitrogen and oxygen atoms in total. The smallest absolute Gasteiger partial charge is 0.350 e. The number of hydrogen-bond acceptors (Lipinski definition) is 9. The number of nitrogens with one attached hydrogen (secondary N) is 1. The second-order valence-corrected chi connectivity index (χ2v) is 11.8. The highest BCUT2D eigenvalue weighted by atomic mass is 31.2. The van der Waals surface area contributed by atoms with Crippen LogP contribution in [-0.4, -0.2) is 66.4 Å². The summed E-state index contributed by atoms with van der Waals surface area (Å²) in [5.74, 6) is 0.207. The molecule has 2 aromatic carbocycles. The maximum atomic E-state index is 11.3. The van der Waals surface area contributed by atoms with Crippen LogP contribution in [0, 0.1) is 0 Å². The number of nitrogens with zero attached hydrogens (tertiary/aromatic N) is 4. The highest BCUT2D eigenvalue weighted by Gasteiger charge is 2.56. The van der Waals surface area contributed by atoms with Crippen LogP contribution in [-0.2, 0) is 30.1 Å². The average molecular weight is 568 g/mol. The van der Waals surface area contributed by atoms with Crippen LogP contribution >= 0.6 is 7.60 Å². The van der Waals surface area contributed by atoms with E-state index in [1.54, 1.807) is 10.9 Å². The molecule has 2 aliphatic heterocycles. The van der Waals surface area contributed by atoms with E-state index in [-0.39, 0.29) is 6.61 Å². The Labute approximate surface area is 230 Å². The van der Waals surface area contributed by atoms with Crippen LogP contribution in [0.5, 0.6) is 0 Å². The van der Waals surface area contributed by atoms with E-state index in [0.717, 1.165) is 11.1 Å². The third-order valence-electron chi connectivity index (χ3n) is 6.70. The normalized spacial score (nSPS) is 23.9. The molecule has 0 unspecified atom stereocenters. The molecule has 4 heterocycles. The monoisotopic (exact) mass is 567 g/mol. The molecule has 13 heteroatoms. The Morgan fingerprint density at radius 2 is 1.73 bits per heavy atom. The summed E-state index contributed by atoms with van der Waals surface area (Å²) in [6.07, 6.45) is -1.45. The number of benzene rings is 2. The van der Waals surface area contributed by atoms with Gasteiger partial charge in [-0.25, -0.2) is 15.0 Å². The lowest BCUT2D eigenvalue weighted by atomic mass is 10.1. The molecule has 0 amide bonds. The van der Waals surface area contributed by atoms with Crippen molar-refractivity contribution in [2.24, 2.45) is 0 Å². The van der Waals surface area contributed by atoms with Crippen LogP contribution in [0.3, 0.4) is 0 Å². The first-order valence-electron chi connectivity index (χ1n) is 12.9. The van der Waals surface area contributed by atoms with Gasteiger partial charge in [-0.05, 0) is 19.4 Å². The van der Waals surface area contributed by atoms with Gasteiger partial charge in [-0.15, -0.1) is 0 Å². The van der Waals surface area contributed by atoms with E-state index in [1.807, 2.05) is 74.5 Å². The first-order chi connectivity index (χ1) is 19.2. The SMILES string of the molecule is CC1(C)O[C@@H]2[C@H](O1)[C@@H](COCP(=O)(O)O)O[C@H]2n1cnc2c(NCc3ccccc3)nc(-c3ccccc3)nc21. The molecule has 2 fully saturated rings. The molecule has 6 rings (SSSR count). The summed E-state index contributed by atoms with van der Waals surface area (Å²) in [7, 11) is -4.33. The lowest BCUT2D eigenvalue weighted by molar-refractivity contribution is -0.201. The van der Waals surface area contributed by atoms with Gasteiger partial charge in [0.25, 0.3) is 0 Å². The van der Waals surface area contributed by atoms with Crippen molar-refractivity contribution in [3.8, 4) is 11.4 Å². The highest BCUT2D eigenvalue weighted by Crippen LogP contribution is 2.44. The first-order valence-corrected chi connectivity index (χ1v) is 14.7. The summed E-state index contributed by atoms with van der Waals surface area (Å²) >= 11 is 0. The molecule has 4 atom stereocenters. The number of fused-ring (bicyclic) bond motifs is 2. The third-order valence-corrected chi connectivity index (χ3v) is 7.22. The summed E-state index contributed by atoms with van der Waals surface area (Å²) in [5, 5.41) is 3.41. The van der Waals surface area contributed by atoms with E-state index in [0.29, 0.717) is 29.4 Å². The lowest BCUT2D eigenvalue weighted by Crippen LogP contribution is -2.33. The second-order valence-electron chi connectivity index (χ2n) is 10.2. The topological polar surface area (TPSA) is 150 Å². The molecule has 0 bridgehead atoms. The maximum Gasteiger partial charge on any atom is 0.350 e. The van der Waals surface area contributed by atoms with E-state index in [4.69, 9.17) is 28.9 Å². The van der Waals surface area contributed by atoms with Gasteiger partial charge in [-0.2, -0.15) is 0 Å². The van der Waals surface area contributed by atoms with E-state index in [9.17, 15) is 14.4 Å². The van der Waals surface area contributed by atoms with Crippen LogP contribution in [0.4, 0.5) is 5.82 Å². The molecule has 2 aromatic heterocycles. The maximum absolute atomic E-state index is 11.3. The van der Waals surface area contributed by atoms with Crippen molar-refractivity contribution in [2.45, 2.75) is 50.7 Å². The minimum atomic E-state index is -4.33. The Morgan fingerprint density at radius 3 is 2.45 bits per heavy atom. The Morgan fingerprint density at radius 1 is 1.02 bits per heavy atom. The van der Waals surface area contributed by atoms with Gasteiger partial charge in [0.1, 0.15) is 24.7 Å². The zero-order valence-electron chi connectivity index (χ0n) is 22.0. The van der Waals surface area contributed by atoms with Gasteiger partial charge in [0.2, 0.25) is 0 Å². The van der Waals surface area contributed by atoms with Crippen LogP contribution in [0.25, 0.3) is 22.6 Å². The fraction of sp³-hybridized carbons (Fsp3) is 0.370. The van der Waals surface area contributed by atoms with E-state index >= 15 is 0 Å². The Balaban J connectivity index is 1.36. The van der Waals surface area contributed by atoms with Crippen molar-refractivity contribution in [1.29, 1.82) is 0 Å². The minimum absolute atomic E-state index is 0.0804. The van der Waals surface area contributed by atoms with Gasteiger partial charge < -0.3 is 34.1 Å². The molecular formula is C27H30N5O7P. The summed E-state index contributed by atoms with van der Waals surface area (Å²) < 4.78 is 37.0. The first kappa shape index (κ1) is 27.0. The van der Waals surface area contributed by atoms with Crippen molar-refractivity contribution in [2.75, 3.05) is 18.3 Å². The van der Waals surface area contributed by atoms with Gasteiger partial charge in [0, 0.05) is 12.1 Å². The zero-order valence-corrected chi connectivity index (χ0v) is 22.8. The predicted molar refractivity (Wildman–Crippen MR) is 145 cm³/mol. The number of hydrogen-bond donors (Lipinski definition) is 3. The quantitative estimate of drug-likeness (QED) is 0.254. The minimum Gasteiger partial charge on any atom is -0.366 e. The van der Waals surface area contributed by atoms with Crippen molar-refractivity contribution in [3.63, 3.8) is 0 Å². The van der Waals surface area contributed by atoms with Gasteiger partial charge >= 0.3 is 7.60 Å². The number of imidazole rings is 1. The Kier molecular flexibility index (Phi) is 7.18. The van der Waals surface area contributed by atoms with Gasteiger partial charge in [0.15, 0.2) is 34.8 Å². The zero-order chi connectivity index (χ0) is 27.9. The molecule has 0 spiro atoms. The second kappa shape index (κ2) is 10.6. The average Bonchev–Trinajstić information content (AvgIpc) is 3.58. The van der Waals surface area contributed by atoms with Crippen LogP contribution in [0.2, 0.25) is 0 Å². The van der Waals surface area contributed by atoms with Crippen LogP contribution in [0.15, 0.2) is 67.0 Å². The number of anilines is 1. The van der Waals surface area contributed by atoms with E-state index < -0.39 is 44.3 Å². The molecule has 2 aliphatic rings. The van der Waals surface area contributed by atoms with Gasteiger partial charge in [0.05, 0.1) is 12.9 Å². The summed E-state index contributed by atoms with van der Waals surface area (Å²) in [6, 6.07) is 19.7. The van der Waals surface area contributed by atoms with Gasteiger partial charge in [-0.3, -0.25) is 9.13 Å². The molecule has 0 saturated carbocycles. The van der Waals surface area contributed by atoms with E-state index in [2.05, 4.69) is 10.3 Å². The fourth-order valence-electron chi connectivity index (χ4n) is 5.03. The molecule has 40 heavy (non-hydrogen) atoms. The van der Waals surface area contributed by atoms with Gasteiger partial charge in [-0.1, -0.05) is 60.7 Å². The Bertz CT molecular complexity index is 1530.